The number of nitrogens with zero attached hydrogens (tertiary/aromatic N) is 1. The third-order valence-electron chi connectivity index (χ3n) is 2.12. The number of para-hydroxylation sites is 1. The zero-order valence-electron chi connectivity index (χ0n) is 8.30. The molecule has 0 atom stereocenters. The van der Waals surface area contributed by atoms with Crippen molar-refractivity contribution in [1.29, 1.82) is 0 Å². The van der Waals surface area contributed by atoms with Crippen molar-refractivity contribution in [3.05, 3.63) is 59.9 Å². The fraction of sp³-hybridized carbons (Fsp3) is 0. The second kappa shape index (κ2) is 4.42. The van der Waals surface area contributed by atoms with E-state index in [0.29, 0.717) is 0 Å². The number of nitrogens with two attached hydrogens (primary N) is 1. The molecule has 0 unspecified atom stereocenters. The molecule has 0 radical (unpaired) electrons. The Morgan fingerprint density at radius 1 is 0.933 bits per heavy atom. The third-order valence-corrected chi connectivity index (χ3v) is 2.12. The van der Waals surface area contributed by atoms with Crippen molar-refractivity contribution in [2.45, 2.75) is 0 Å². The second-order valence-corrected chi connectivity index (χ2v) is 3.22. The molecule has 15 heavy (non-hydrogen) atoms. The summed E-state index contributed by atoms with van der Waals surface area (Å²) in [7, 11) is 0. The molecule has 0 amide bonds. The lowest BCUT2D eigenvalue weighted by molar-refractivity contribution is 1.30. The van der Waals surface area contributed by atoms with Crippen LogP contribution in [0, 0.1) is 0 Å². The van der Waals surface area contributed by atoms with Gasteiger partial charge in [0.15, 0.2) is 0 Å². The van der Waals surface area contributed by atoms with Crippen LogP contribution in [0.25, 0.3) is 12.2 Å². The lowest BCUT2D eigenvalue weighted by Gasteiger charge is -1.98. The number of hydrogen-bond acceptors (Lipinski definition) is 2. The van der Waals surface area contributed by atoms with Crippen LogP contribution in [0.2, 0.25) is 0 Å². The van der Waals surface area contributed by atoms with Crippen molar-refractivity contribution < 1.29 is 0 Å². The summed E-state index contributed by atoms with van der Waals surface area (Å²) in [6.45, 7) is 0. The Kier molecular flexibility index (Phi) is 2.79. The van der Waals surface area contributed by atoms with Crippen LogP contribution < -0.4 is 5.73 Å². The van der Waals surface area contributed by atoms with Crippen LogP contribution in [0.15, 0.2) is 48.7 Å². The van der Waals surface area contributed by atoms with Crippen LogP contribution in [-0.4, -0.2) is 4.98 Å². The van der Waals surface area contributed by atoms with Crippen molar-refractivity contribution in [3.63, 3.8) is 0 Å². The molecule has 0 bridgehead atoms. The van der Waals surface area contributed by atoms with E-state index in [1.165, 1.54) is 0 Å². The standard InChI is InChI=1S/C13H12N2/c14-13-7-2-1-5-11(13)8-9-12-6-3-4-10-15-12/h1-10H,14H2. The Morgan fingerprint density at radius 2 is 1.73 bits per heavy atom. The molecule has 0 aliphatic carbocycles. The molecule has 0 aliphatic rings. The van der Waals surface area contributed by atoms with Gasteiger partial charge in [0.05, 0.1) is 5.69 Å². The van der Waals surface area contributed by atoms with Gasteiger partial charge in [0, 0.05) is 11.9 Å². The molecule has 2 heteroatoms. The zero-order chi connectivity index (χ0) is 10.5. The highest BCUT2D eigenvalue weighted by Gasteiger charge is 1.91. The number of pyridine rings is 1. The van der Waals surface area contributed by atoms with E-state index in [4.69, 9.17) is 5.73 Å². The van der Waals surface area contributed by atoms with E-state index in [2.05, 4.69) is 4.98 Å². The van der Waals surface area contributed by atoms with Gasteiger partial charge in [-0.15, -0.1) is 0 Å². The van der Waals surface area contributed by atoms with Crippen molar-refractivity contribution >= 4 is 17.8 Å². The van der Waals surface area contributed by atoms with Gasteiger partial charge in [-0.05, 0) is 29.8 Å². The molecular weight excluding hydrogens is 184 g/mol. The van der Waals surface area contributed by atoms with E-state index in [9.17, 15) is 0 Å². The smallest absolute Gasteiger partial charge is 0.0629 e. The molecule has 1 aromatic carbocycles. The van der Waals surface area contributed by atoms with Crippen LogP contribution in [0.4, 0.5) is 5.69 Å². The first-order chi connectivity index (χ1) is 7.36. The van der Waals surface area contributed by atoms with Gasteiger partial charge in [-0.3, -0.25) is 4.98 Å². The zero-order valence-corrected chi connectivity index (χ0v) is 8.30. The van der Waals surface area contributed by atoms with Crippen LogP contribution in [-0.2, 0) is 0 Å². The summed E-state index contributed by atoms with van der Waals surface area (Å²) in [5.41, 5.74) is 8.54. The van der Waals surface area contributed by atoms with E-state index in [1.807, 2.05) is 54.6 Å². The van der Waals surface area contributed by atoms with Gasteiger partial charge < -0.3 is 5.73 Å². The molecule has 2 rings (SSSR count). The second-order valence-electron chi connectivity index (χ2n) is 3.22. The van der Waals surface area contributed by atoms with Crippen LogP contribution in [0.3, 0.4) is 0 Å². The van der Waals surface area contributed by atoms with Crippen molar-refractivity contribution in [3.8, 4) is 0 Å². The maximum absolute atomic E-state index is 5.81. The highest BCUT2D eigenvalue weighted by molar-refractivity contribution is 5.74. The van der Waals surface area contributed by atoms with E-state index >= 15 is 0 Å². The Balaban J connectivity index is 2.23. The molecule has 2 aromatic rings. The molecule has 2 N–H and O–H groups in total. The SMILES string of the molecule is Nc1ccccc1C=Cc1ccccn1. The molecule has 1 heterocycles. The summed E-state index contributed by atoms with van der Waals surface area (Å²) in [6.07, 6.45) is 5.69. The topological polar surface area (TPSA) is 38.9 Å². The summed E-state index contributed by atoms with van der Waals surface area (Å²) in [6, 6.07) is 13.6. The Bertz CT molecular complexity index is 461. The summed E-state index contributed by atoms with van der Waals surface area (Å²) < 4.78 is 0. The minimum atomic E-state index is 0.782. The van der Waals surface area contributed by atoms with Crippen LogP contribution in [0.5, 0.6) is 0 Å². The van der Waals surface area contributed by atoms with Gasteiger partial charge in [-0.25, -0.2) is 0 Å². The minimum absolute atomic E-state index is 0.782. The van der Waals surface area contributed by atoms with Gasteiger partial charge in [0.2, 0.25) is 0 Å². The summed E-state index contributed by atoms with van der Waals surface area (Å²) >= 11 is 0. The average Bonchev–Trinajstić information content (AvgIpc) is 2.29. The number of anilines is 1. The maximum atomic E-state index is 5.81. The number of aromatic nitrogens is 1. The average molecular weight is 196 g/mol. The van der Waals surface area contributed by atoms with E-state index in [1.54, 1.807) is 6.20 Å². The van der Waals surface area contributed by atoms with Gasteiger partial charge in [-0.1, -0.05) is 30.3 Å². The highest BCUT2D eigenvalue weighted by Crippen LogP contribution is 2.13. The molecule has 1 aromatic heterocycles. The summed E-state index contributed by atoms with van der Waals surface area (Å²) in [4.78, 5) is 4.20. The Hall–Kier alpha value is -2.09. The highest BCUT2D eigenvalue weighted by atomic mass is 14.6. The first-order valence-electron chi connectivity index (χ1n) is 4.80. The monoisotopic (exact) mass is 196 g/mol. The number of benzene rings is 1. The number of hydrogen-bond donors (Lipinski definition) is 1. The lowest BCUT2D eigenvalue weighted by atomic mass is 10.1. The third kappa shape index (κ3) is 2.44. The van der Waals surface area contributed by atoms with E-state index < -0.39 is 0 Å². The first kappa shape index (κ1) is 9.46. The summed E-state index contributed by atoms with van der Waals surface area (Å²) in [5, 5.41) is 0. The minimum Gasteiger partial charge on any atom is -0.398 e. The number of nitrogen functional groups attached to an aromatic ring is 1. The van der Waals surface area contributed by atoms with Gasteiger partial charge in [0.25, 0.3) is 0 Å². The predicted octanol–water partition coefficient (Wildman–Crippen LogP) is 2.83. The quantitative estimate of drug-likeness (QED) is 0.750. The molecule has 74 valence electrons. The van der Waals surface area contributed by atoms with Crippen molar-refractivity contribution in [1.82, 2.24) is 4.98 Å². The van der Waals surface area contributed by atoms with Gasteiger partial charge in [0.1, 0.15) is 0 Å². The van der Waals surface area contributed by atoms with E-state index in [0.717, 1.165) is 16.9 Å². The predicted molar refractivity (Wildman–Crippen MR) is 64.0 cm³/mol. The van der Waals surface area contributed by atoms with Crippen LogP contribution in [0.1, 0.15) is 11.3 Å². The van der Waals surface area contributed by atoms with Gasteiger partial charge in [-0.2, -0.15) is 0 Å². The Morgan fingerprint density at radius 3 is 2.47 bits per heavy atom. The van der Waals surface area contributed by atoms with Gasteiger partial charge >= 0.3 is 0 Å². The normalized spacial score (nSPS) is 10.7. The molecular formula is C13H12N2. The van der Waals surface area contributed by atoms with Crippen LogP contribution >= 0.6 is 0 Å². The molecule has 0 fully saturated rings. The molecule has 2 nitrogen and oxygen atoms in total. The summed E-state index contributed by atoms with van der Waals surface area (Å²) in [5.74, 6) is 0. The first-order valence-corrected chi connectivity index (χ1v) is 4.80. The number of rotatable bonds is 2. The fourth-order valence-electron chi connectivity index (χ4n) is 1.31. The maximum Gasteiger partial charge on any atom is 0.0629 e. The Labute approximate surface area is 89.1 Å². The lowest BCUT2D eigenvalue weighted by Crippen LogP contribution is -1.87. The molecule has 0 saturated heterocycles. The largest absolute Gasteiger partial charge is 0.398 e. The fourth-order valence-corrected chi connectivity index (χ4v) is 1.31. The van der Waals surface area contributed by atoms with E-state index in [-0.39, 0.29) is 0 Å². The molecule has 0 spiro atoms. The van der Waals surface area contributed by atoms with Crippen molar-refractivity contribution in [2.75, 3.05) is 5.73 Å². The molecule has 0 aliphatic heterocycles. The molecule has 0 saturated carbocycles. The van der Waals surface area contributed by atoms with Crippen molar-refractivity contribution in [2.24, 2.45) is 0 Å².